The van der Waals surface area contributed by atoms with Gasteiger partial charge in [-0.15, -0.1) is 0 Å². The van der Waals surface area contributed by atoms with Crippen molar-refractivity contribution in [2.24, 2.45) is 0 Å². The SMILES string of the molecule is [Co].[Co].[Co].[Co].[Co].[Co].[Rh].[Rh].[Rh].[Rh].[Rh].[Rh].[Rh]. The summed E-state index contributed by atoms with van der Waals surface area (Å²) < 4.78 is 0. The first kappa shape index (κ1) is 140. The first-order valence-electron chi connectivity index (χ1n) is 0. The maximum absolute atomic E-state index is 0. The number of rotatable bonds is 0. The van der Waals surface area contributed by atoms with Crippen molar-refractivity contribution in [3.8, 4) is 0 Å². The minimum absolute atomic E-state index is 0. The molecule has 13 radical (unpaired) electrons. The summed E-state index contributed by atoms with van der Waals surface area (Å²) in [5.41, 5.74) is 0. The predicted octanol–water partition coefficient (Wildman–Crippen LogP) is -0.0325. The van der Waals surface area contributed by atoms with Crippen molar-refractivity contribution in [2.75, 3.05) is 0 Å². The van der Waals surface area contributed by atoms with Crippen molar-refractivity contribution in [1.82, 2.24) is 0 Å². The van der Waals surface area contributed by atoms with Crippen molar-refractivity contribution in [2.45, 2.75) is 0 Å². The minimum Gasteiger partial charge on any atom is 0 e. The molecule has 0 aromatic heterocycles. The Labute approximate surface area is 231 Å². The van der Waals surface area contributed by atoms with Gasteiger partial charge in [-0.2, -0.15) is 0 Å². The quantitative estimate of drug-likeness (QED) is 0.300. The molecule has 0 rings (SSSR count). The van der Waals surface area contributed by atoms with Crippen LogP contribution in [-0.2, 0) is 237 Å². The van der Waals surface area contributed by atoms with Gasteiger partial charge in [-0.25, -0.2) is 0 Å². The maximum Gasteiger partial charge on any atom is 0 e. The molecule has 0 aromatic carbocycles. The van der Waals surface area contributed by atoms with E-state index in [9.17, 15) is 0 Å². The summed E-state index contributed by atoms with van der Waals surface area (Å²) in [4.78, 5) is 0. The first-order valence-corrected chi connectivity index (χ1v) is 0. The monoisotopic (exact) mass is 1070 g/mol. The number of hydrogen-bond acceptors (Lipinski definition) is 0. The molecule has 13 heteroatoms. The maximum atomic E-state index is 0. The molecule has 0 nitrogen and oxygen atoms in total. The molecule has 0 fully saturated rings. The summed E-state index contributed by atoms with van der Waals surface area (Å²) in [7, 11) is 0. The Morgan fingerprint density at radius 3 is 0.154 bits per heavy atom. The zero-order chi connectivity index (χ0) is 0. The largest absolute Gasteiger partial charge is 0 e. The zero-order valence-electron chi connectivity index (χ0n) is 4.33. The molecular formula is Co6Rh7. The fourth-order valence-electron chi connectivity index (χ4n) is 0. The van der Waals surface area contributed by atoms with E-state index in [1.54, 1.807) is 0 Å². The minimum atomic E-state index is 0. The molecule has 0 unspecified atom stereocenters. The summed E-state index contributed by atoms with van der Waals surface area (Å²) in [5.74, 6) is 0. The van der Waals surface area contributed by atoms with Gasteiger partial charge in [0.05, 0.1) is 0 Å². The van der Waals surface area contributed by atoms with Crippen LogP contribution in [0.15, 0.2) is 0 Å². The van der Waals surface area contributed by atoms with Gasteiger partial charge in [0.1, 0.15) is 0 Å². The van der Waals surface area contributed by atoms with E-state index in [-0.39, 0.29) is 237 Å². The van der Waals surface area contributed by atoms with Crippen LogP contribution in [0.3, 0.4) is 0 Å². The van der Waals surface area contributed by atoms with Gasteiger partial charge in [0.2, 0.25) is 0 Å². The molecule has 0 spiro atoms. The summed E-state index contributed by atoms with van der Waals surface area (Å²) in [6, 6.07) is 0. The van der Waals surface area contributed by atoms with E-state index in [1.165, 1.54) is 0 Å². The van der Waals surface area contributed by atoms with Crippen LogP contribution in [0, 0.1) is 0 Å². The van der Waals surface area contributed by atoms with E-state index < -0.39 is 0 Å². The Hall–Kier alpha value is 7.40. The third kappa shape index (κ3) is 107. The third-order valence-corrected chi connectivity index (χ3v) is 0. The molecule has 117 valence electrons. The molecule has 0 atom stereocenters. The molecule has 0 heterocycles. The van der Waals surface area contributed by atoms with Crippen LogP contribution in [0.4, 0.5) is 0 Å². The molecule has 0 aliphatic heterocycles. The van der Waals surface area contributed by atoms with Gasteiger partial charge < -0.3 is 0 Å². The fourth-order valence-corrected chi connectivity index (χ4v) is 0. The van der Waals surface area contributed by atoms with Crippen molar-refractivity contribution < 1.29 is 237 Å². The van der Waals surface area contributed by atoms with E-state index in [0.29, 0.717) is 0 Å². The van der Waals surface area contributed by atoms with Gasteiger partial charge in [-0.05, 0) is 0 Å². The van der Waals surface area contributed by atoms with Gasteiger partial charge >= 0.3 is 0 Å². The van der Waals surface area contributed by atoms with E-state index in [2.05, 4.69) is 0 Å². The molecule has 0 N–H and O–H groups in total. The Balaban J connectivity index is 0. The van der Waals surface area contributed by atoms with Gasteiger partial charge in [-0.3, -0.25) is 0 Å². The third-order valence-electron chi connectivity index (χ3n) is 0. The second-order valence-electron chi connectivity index (χ2n) is 0. The molecule has 0 aromatic rings. The Kier molecular flexibility index (Phi) is 1290. The van der Waals surface area contributed by atoms with Crippen LogP contribution in [0.25, 0.3) is 0 Å². The molecule has 0 saturated heterocycles. The van der Waals surface area contributed by atoms with Crippen LogP contribution in [0.1, 0.15) is 0 Å². The van der Waals surface area contributed by atoms with Crippen molar-refractivity contribution in [3.05, 3.63) is 0 Å². The van der Waals surface area contributed by atoms with E-state index in [1.807, 2.05) is 0 Å². The Morgan fingerprint density at radius 1 is 0.154 bits per heavy atom. The van der Waals surface area contributed by atoms with Gasteiger partial charge in [-0.1, -0.05) is 0 Å². The second kappa shape index (κ2) is 120. The molecule has 0 saturated carbocycles. The molecule has 13 heavy (non-hydrogen) atoms. The second-order valence-corrected chi connectivity index (χ2v) is 0. The van der Waals surface area contributed by atoms with Crippen LogP contribution >= 0.6 is 0 Å². The summed E-state index contributed by atoms with van der Waals surface area (Å²) in [6.07, 6.45) is 0. The normalized spacial score (nSPS) is 0. The predicted molar refractivity (Wildman–Crippen MR) is 0 cm³/mol. The van der Waals surface area contributed by atoms with Gasteiger partial charge in [0.15, 0.2) is 0 Å². The van der Waals surface area contributed by atoms with Gasteiger partial charge in [0, 0.05) is 237 Å². The van der Waals surface area contributed by atoms with E-state index in [4.69, 9.17) is 0 Å². The summed E-state index contributed by atoms with van der Waals surface area (Å²) in [5, 5.41) is 0. The molecule has 0 amide bonds. The molecule has 0 bridgehead atoms. The first-order chi connectivity index (χ1) is 0. The molecular weight excluding hydrogens is 1070 g/mol. The van der Waals surface area contributed by atoms with Crippen LogP contribution < -0.4 is 0 Å². The van der Waals surface area contributed by atoms with Crippen LogP contribution in [0.2, 0.25) is 0 Å². The Bertz CT molecular complexity index is 12.9. The van der Waals surface area contributed by atoms with Crippen molar-refractivity contribution >= 4 is 0 Å². The van der Waals surface area contributed by atoms with Crippen LogP contribution in [-0.4, -0.2) is 0 Å². The van der Waals surface area contributed by atoms with Crippen molar-refractivity contribution in [3.63, 3.8) is 0 Å². The van der Waals surface area contributed by atoms with E-state index in [0.717, 1.165) is 0 Å². The standard InChI is InChI=1S/6Co.7Rh. The fraction of sp³-hybridized carbons (Fsp3) is 0. The summed E-state index contributed by atoms with van der Waals surface area (Å²) >= 11 is 0. The average Bonchev–Trinajstić information content (AvgIpc) is 0. The Morgan fingerprint density at radius 2 is 0.154 bits per heavy atom. The zero-order valence-corrected chi connectivity index (χ0v) is 22.1. The summed E-state index contributed by atoms with van der Waals surface area (Å²) in [6.45, 7) is 0. The topological polar surface area (TPSA) is 0 Å². The van der Waals surface area contributed by atoms with Gasteiger partial charge in [0.25, 0.3) is 0 Å². The molecule has 0 aliphatic carbocycles. The average molecular weight is 1070 g/mol. The number of hydrogen-bond donors (Lipinski definition) is 0. The molecule has 0 aliphatic rings. The van der Waals surface area contributed by atoms with E-state index >= 15 is 0 Å². The smallest absolute Gasteiger partial charge is 0 e. The van der Waals surface area contributed by atoms with Crippen LogP contribution in [0.5, 0.6) is 0 Å². The van der Waals surface area contributed by atoms with Crippen molar-refractivity contribution in [1.29, 1.82) is 0 Å².